The molecule has 0 amide bonds. The number of aromatic hydroxyl groups is 1. The number of phenolic OH excluding ortho intramolecular Hbond substituents is 1. The van der Waals surface area contributed by atoms with Gasteiger partial charge in [0.1, 0.15) is 0 Å². The Hall–Kier alpha value is -2.31. The smallest absolute Gasteiger partial charge is 0.502 e. The number of hydrogen-bond acceptors (Lipinski definition) is 6. The largest absolute Gasteiger partial charge is 0.519 e. The minimum Gasteiger partial charge on any atom is -0.502 e. The van der Waals surface area contributed by atoms with Crippen LogP contribution in [0.2, 0.25) is 0 Å². The van der Waals surface area contributed by atoms with E-state index < -0.39 is 22.2 Å². The molecule has 1 aromatic heterocycles. The normalized spacial score (nSPS) is 10.6. The van der Waals surface area contributed by atoms with Gasteiger partial charge in [0.25, 0.3) is 5.58 Å². The highest BCUT2D eigenvalue weighted by Crippen LogP contribution is 2.33. The van der Waals surface area contributed by atoms with Gasteiger partial charge in [0.05, 0.1) is 4.92 Å². The zero-order chi connectivity index (χ0) is 10.3. The van der Waals surface area contributed by atoms with Crippen LogP contribution in [0, 0.1) is 10.1 Å². The maximum atomic E-state index is 10.6. The molecule has 2 rings (SSSR count). The summed E-state index contributed by atoms with van der Waals surface area (Å²) in [5.41, 5.74) is -1.10. The number of nitrogens with zero attached hydrogens (tertiary/aromatic N) is 1. The van der Waals surface area contributed by atoms with Crippen molar-refractivity contribution in [3.63, 3.8) is 0 Å². The molecule has 0 unspecified atom stereocenters. The molecule has 2 aromatic rings. The van der Waals surface area contributed by atoms with Crippen molar-refractivity contribution in [2.24, 2.45) is 0 Å². The van der Waals surface area contributed by atoms with Gasteiger partial charge < -0.3 is 13.9 Å². The minimum atomic E-state index is -1.05. The zero-order valence-electron chi connectivity index (χ0n) is 6.59. The molecular weight excluding hydrogens is 194 g/mol. The second-order valence-corrected chi connectivity index (χ2v) is 2.47. The molecule has 0 saturated heterocycles. The molecular formula is C7H3NO6. The van der Waals surface area contributed by atoms with Gasteiger partial charge >= 0.3 is 11.5 Å². The maximum absolute atomic E-state index is 10.6. The van der Waals surface area contributed by atoms with Gasteiger partial charge in [-0.25, -0.2) is 4.79 Å². The third kappa shape index (κ3) is 1.03. The molecule has 1 N–H and O–H groups in total. The number of nitro groups is 1. The fourth-order valence-electron chi connectivity index (χ4n) is 1.09. The van der Waals surface area contributed by atoms with Crippen LogP contribution in [0.4, 0.5) is 5.69 Å². The van der Waals surface area contributed by atoms with Crippen LogP contribution in [0.5, 0.6) is 5.75 Å². The van der Waals surface area contributed by atoms with Crippen molar-refractivity contribution in [1.82, 2.24) is 0 Å². The Balaban J connectivity index is 2.95. The van der Waals surface area contributed by atoms with Crippen LogP contribution < -0.4 is 5.82 Å². The van der Waals surface area contributed by atoms with E-state index in [1.54, 1.807) is 0 Å². The SMILES string of the molecule is O=c1oc2ccc(O)c([N+](=O)[O-])c2o1. The summed E-state index contributed by atoms with van der Waals surface area (Å²) in [5, 5.41) is 19.6. The Bertz CT molecular complexity index is 565. The zero-order valence-corrected chi connectivity index (χ0v) is 6.59. The lowest BCUT2D eigenvalue weighted by atomic mass is 10.3. The van der Waals surface area contributed by atoms with Gasteiger partial charge in [-0.2, -0.15) is 0 Å². The van der Waals surface area contributed by atoms with E-state index >= 15 is 0 Å². The van der Waals surface area contributed by atoms with Crippen molar-refractivity contribution in [2.75, 3.05) is 0 Å². The van der Waals surface area contributed by atoms with Gasteiger partial charge in [-0.15, -0.1) is 0 Å². The standard InChI is InChI=1S/C7H3NO6/c9-3-1-2-4-6(5(3)8(11)12)14-7(10)13-4/h1-2,9H. The summed E-state index contributed by atoms with van der Waals surface area (Å²) < 4.78 is 8.89. The van der Waals surface area contributed by atoms with Crippen LogP contribution in [0.1, 0.15) is 0 Å². The lowest BCUT2D eigenvalue weighted by molar-refractivity contribution is -0.384. The molecule has 0 atom stereocenters. The highest BCUT2D eigenvalue weighted by Gasteiger charge is 2.23. The van der Waals surface area contributed by atoms with Crippen molar-refractivity contribution >= 4 is 16.9 Å². The molecule has 14 heavy (non-hydrogen) atoms. The molecule has 7 nitrogen and oxygen atoms in total. The average Bonchev–Trinajstić information content (AvgIpc) is 2.43. The van der Waals surface area contributed by atoms with E-state index in [1.807, 2.05) is 0 Å². The Kier molecular flexibility index (Phi) is 1.53. The lowest BCUT2D eigenvalue weighted by Crippen LogP contribution is -1.89. The van der Waals surface area contributed by atoms with Crippen LogP contribution in [0.15, 0.2) is 25.8 Å². The first-order valence-corrected chi connectivity index (χ1v) is 3.49. The van der Waals surface area contributed by atoms with E-state index in [9.17, 15) is 14.9 Å². The van der Waals surface area contributed by atoms with Gasteiger partial charge in [-0.05, 0) is 12.1 Å². The van der Waals surface area contributed by atoms with E-state index in [4.69, 9.17) is 5.11 Å². The summed E-state index contributed by atoms with van der Waals surface area (Å²) in [6.07, 6.45) is 0. The van der Waals surface area contributed by atoms with Crippen LogP contribution in [-0.2, 0) is 0 Å². The minimum absolute atomic E-state index is 0.0699. The van der Waals surface area contributed by atoms with E-state index in [-0.39, 0.29) is 11.2 Å². The molecule has 0 aliphatic heterocycles. The molecule has 0 bridgehead atoms. The van der Waals surface area contributed by atoms with E-state index in [2.05, 4.69) is 8.83 Å². The monoisotopic (exact) mass is 197 g/mol. The number of fused-ring (bicyclic) bond motifs is 1. The van der Waals surface area contributed by atoms with E-state index in [0.717, 1.165) is 6.07 Å². The van der Waals surface area contributed by atoms with Gasteiger partial charge in [-0.3, -0.25) is 10.1 Å². The predicted molar refractivity (Wildman–Crippen MR) is 43.1 cm³/mol. The van der Waals surface area contributed by atoms with Crippen LogP contribution in [0.25, 0.3) is 11.2 Å². The van der Waals surface area contributed by atoms with Crippen LogP contribution in [0.3, 0.4) is 0 Å². The fraction of sp³-hybridized carbons (Fsp3) is 0. The van der Waals surface area contributed by atoms with Crippen molar-refractivity contribution in [3.05, 3.63) is 32.9 Å². The Morgan fingerprint density at radius 1 is 1.36 bits per heavy atom. The number of rotatable bonds is 1. The number of nitro benzene ring substituents is 1. The topological polar surface area (TPSA) is 107 Å². The first-order chi connectivity index (χ1) is 6.59. The number of phenols is 1. The predicted octanol–water partition coefficient (Wildman–Crippen LogP) is 1.000. The van der Waals surface area contributed by atoms with Crippen molar-refractivity contribution < 1.29 is 18.9 Å². The summed E-state index contributed by atoms with van der Waals surface area (Å²) in [6, 6.07) is 2.27. The van der Waals surface area contributed by atoms with Gasteiger partial charge in [-0.1, -0.05) is 0 Å². The first-order valence-electron chi connectivity index (χ1n) is 3.49. The Morgan fingerprint density at radius 3 is 2.71 bits per heavy atom. The maximum Gasteiger partial charge on any atom is 0.519 e. The molecule has 1 heterocycles. The second kappa shape index (κ2) is 2.59. The van der Waals surface area contributed by atoms with E-state index in [0.29, 0.717) is 0 Å². The molecule has 0 fully saturated rings. The average molecular weight is 197 g/mol. The molecule has 0 aliphatic carbocycles. The Labute approximate surface area is 75.3 Å². The molecule has 0 radical (unpaired) electrons. The summed E-state index contributed by atoms with van der Waals surface area (Å²) in [7, 11) is 0. The van der Waals surface area contributed by atoms with E-state index in [1.165, 1.54) is 6.07 Å². The quantitative estimate of drug-likeness (QED) is 0.539. The highest BCUT2D eigenvalue weighted by molar-refractivity contribution is 5.83. The molecule has 7 heteroatoms. The molecule has 0 saturated carbocycles. The first kappa shape index (κ1) is 8.30. The lowest BCUT2D eigenvalue weighted by Gasteiger charge is -1.93. The van der Waals surface area contributed by atoms with Gasteiger partial charge in [0, 0.05) is 0 Å². The van der Waals surface area contributed by atoms with Crippen molar-refractivity contribution in [1.29, 1.82) is 0 Å². The van der Waals surface area contributed by atoms with Crippen molar-refractivity contribution in [3.8, 4) is 5.75 Å². The number of benzene rings is 1. The van der Waals surface area contributed by atoms with Crippen LogP contribution >= 0.6 is 0 Å². The van der Waals surface area contributed by atoms with Crippen LogP contribution in [-0.4, -0.2) is 10.0 Å². The third-order valence-corrected chi connectivity index (χ3v) is 1.64. The molecule has 1 aromatic carbocycles. The summed E-state index contributed by atoms with van der Waals surface area (Å²) in [4.78, 5) is 20.3. The van der Waals surface area contributed by atoms with Gasteiger partial charge in [0.15, 0.2) is 11.3 Å². The summed E-state index contributed by atoms with van der Waals surface area (Å²) in [5.74, 6) is -1.62. The third-order valence-electron chi connectivity index (χ3n) is 1.64. The summed E-state index contributed by atoms with van der Waals surface area (Å²) in [6.45, 7) is 0. The summed E-state index contributed by atoms with van der Waals surface area (Å²) >= 11 is 0. The number of hydrogen-bond donors (Lipinski definition) is 1. The molecule has 0 spiro atoms. The van der Waals surface area contributed by atoms with Gasteiger partial charge in [0.2, 0.25) is 0 Å². The second-order valence-electron chi connectivity index (χ2n) is 2.47. The highest BCUT2D eigenvalue weighted by atomic mass is 16.6. The molecule has 0 aliphatic rings. The Morgan fingerprint density at radius 2 is 2.07 bits per heavy atom. The molecule has 72 valence electrons. The fourth-order valence-corrected chi connectivity index (χ4v) is 1.09. The van der Waals surface area contributed by atoms with Crippen molar-refractivity contribution in [2.45, 2.75) is 0 Å².